The first kappa shape index (κ1) is 43.7. The Balaban J connectivity index is 1.18. The number of hydrogen-bond acceptors (Lipinski definition) is 0. The summed E-state index contributed by atoms with van der Waals surface area (Å²) in [6.45, 7) is 30.1. The molecule has 6 rings (SSSR count). The van der Waals surface area contributed by atoms with Crippen LogP contribution < -0.4 is 0 Å². The number of aryl methyl sites for hydroxylation is 2. The third kappa shape index (κ3) is 10.6. The molecule has 3 aromatic rings. The van der Waals surface area contributed by atoms with Crippen LogP contribution in [0.15, 0.2) is 121 Å². The highest BCUT2D eigenvalue weighted by Crippen LogP contribution is 2.49. The zero-order valence-electron chi connectivity index (χ0n) is 37.7. The van der Waals surface area contributed by atoms with E-state index in [1.165, 1.54) is 121 Å². The van der Waals surface area contributed by atoms with E-state index < -0.39 is 0 Å². The highest BCUT2D eigenvalue weighted by atomic mass is 14.4. The third-order valence-corrected chi connectivity index (χ3v) is 13.8. The van der Waals surface area contributed by atoms with Gasteiger partial charge in [-0.15, -0.1) is 0 Å². The van der Waals surface area contributed by atoms with E-state index in [0.29, 0.717) is 35.5 Å². The van der Waals surface area contributed by atoms with Crippen LogP contribution in [0, 0.1) is 30.6 Å². The second-order valence-corrected chi connectivity index (χ2v) is 19.4. The Morgan fingerprint density at radius 1 is 0.862 bits per heavy atom. The highest BCUT2D eigenvalue weighted by Gasteiger charge is 2.32. The molecule has 0 heterocycles. The number of unbranched alkanes of at least 4 members (excludes halogenated alkanes) is 3. The lowest BCUT2D eigenvalue weighted by Gasteiger charge is -2.34. The van der Waals surface area contributed by atoms with Crippen LogP contribution in [0.5, 0.6) is 0 Å². The Bertz CT molecular complexity index is 2020. The van der Waals surface area contributed by atoms with Crippen LogP contribution in [-0.2, 0) is 19.3 Å². The predicted molar refractivity (Wildman–Crippen MR) is 256 cm³/mol. The molecule has 0 heteroatoms. The van der Waals surface area contributed by atoms with Crippen molar-refractivity contribution in [3.63, 3.8) is 0 Å². The molecule has 0 saturated heterocycles. The molecule has 0 aliphatic heterocycles. The summed E-state index contributed by atoms with van der Waals surface area (Å²) >= 11 is 0. The van der Waals surface area contributed by atoms with Crippen molar-refractivity contribution in [2.75, 3.05) is 0 Å². The predicted octanol–water partition coefficient (Wildman–Crippen LogP) is 16.9. The summed E-state index contributed by atoms with van der Waals surface area (Å²) in [7, 11) is 0. The first-order chi connectivity index (χ1) is 27.9. The lowest BCUT2D eigenvalue weighted by atomic mass is 9.71. The minimum atomic E-state index is 0.304. The largest absolute Gasteiger partial charge is 0.0998 e. The smallest absolute Gasteiger partial charge is 0.00923 e. The molecular formula is C58H76. The van der Waals surface area contributed by atoms with E-state index in [9.17, 15) is 0 Å². The fourth-order valence-corrected chi connectivity index (χ4v) is 10.9. The Morgan fingerprint density at radius 3 is 2.38 bits per heavy atom. The molecular weight excluding hydrogens is 697 g/mol. The van der Waals surface area contributed by atoms with Gasteiger partial charge in [0.15, 0.2) is 0 Å². The van der Waals surface area contributed by atoms with Crippen molar-refractivity contribution in [3.8, 4) is 0 Å². The van der Waals surface area contributed by atoms with Gasteiger partial charge in [0.2, 0.25) is 0 Å². The van der Waals surface area contributed by atoms with Gasteiger partial charge in [0.1, 0.15) is 0 Å². The fourth-order valence-electron chi connectivity index (χ4n) is 10.9. The van der Waals surface area contributed by atoms with Crippen LogP contribution >= 0.6 is 0 Å². The van der Waals surface area contributed by atoms with E-state index in [2.05, 4.69) is 141 Å². The molecule has 0 saturated carbocycles. The molecule has 3 aliphatic carbocycles. The van der Waals surface area contributed by atoms with Crippen LogP contribution in [0.1, 0.15) is 175 Å². The molecule has 58 heavy (non-hydrogen) atoms. The number of rotatable bonds is 19. The first-order valence-electron chi connectivity index (χ1n) is 23.3. The minimum absolute atomic E-state index is 0.304. The molecule has 0 fully saturated rings. The standard InChI is InChI=1S/C58H76/c1-11-12-13-21-46-36-45(10)57(56-35-43(8)28-31-50(56)40(4)5)49(37-46)34-41(6)20-14-15-22-47-30-32-54-52-25-18-19-26-53(52)55(44(9)29-27-42(7)33-39(2)3)38-48-23-16-17-24-51(48)58(47)54/h16-19,23-26,30,32,35-37,39,41,47,50,55-56H,4,7,9,11-15,20-22,27-29,31,33-34,38H2,1-3,5-6,8,10H3/t41?,47?,50-,55?,56+/m0/s1. The van der Waals surface area contributed by atoms with Gasteiger partial charge in [0, 0.05) is 17.8 Å². The average molecular weight is 773 g/mol. The zero-order valence-corrected chi connectivity index (χ0v) is 37.7. The van der Waals surface area contributed by atoms with Crippen LogP contribution in [0.25, 0.3) is 11.1 Å². The van der Waals surface area contributed by atoms with Crippen molar-refractivity contribution in [2.45, 2.75) is 157 Å². The van der Waals surface area contributed by atoms with E-state index in [1.807, 2.05) is 0 Å². The minimum Gasteiger partial charge on any atom is -0.0998 e. The highest BCUT2D eigenvalue weighted by molar-refractivity contribution is 6.01. The summed E-state index contributed by atoms with van der Waals surface area (Å²) in [5.74, 6) is 3.04. The van der Waals surface area contributed by atoms with E-state index in [4.69, 9.17) is 6.58 Å². The fraction of sp³-hybridized carbons (Fsp3) is 0.483. The second kappa shape index (κ2) is 20.4. The lowest BCUT2D eigenvalue weighted by Crippen LogP contribution is -2.20. The molecule has 0 nitrogen and oxygen atoms in total. The monoisotopic (exact) mass is 773 g/mol. The summed E-state index contributed by atoms with van der Waals surface area (Å²) in [6.07, 6.45) is 25.4. The van der Waals surface area contributed by atoms with Crippen LogP contribution in [0.4, 0.5) is 0 Å². The Hall–Kier alpha value is -3.90. The van der Waals surface area contributed by atoms with E-state index in [0.717, 1.165) is 25.7 Å². The summed E-state index contributed by atoms with van der Waals surface area (Å²) in [5, 5.41) is 0. The van der Waals surface area contributed by atoms with Gasteiger partial charge < -0.3 is 0 Å². The molecule has 3 aliphatic rings. The molecule has 0 N–H and O–H groups in total. The van der Waals surface area contributed by atoms with Crippen molar-refractivity contribution < 1.29 is 0 Å². The Labute approximate surface area is 355 Å². The SMILES string of the molecule is C=C(CCC(=C)C1Cc2ccccc2C2=C(C=CC2CCCCC(C)Cc2cc(CCCCC)cc(C)c2[C@@H]2C=C(C)CC[C@H]2C(=C)C)c2ccccc21)CC(C)C. The normalized spacial score (nSPS) is 20.5. The summed E-state index contributed by atoms with van der Waals surface area (Å²) < 4.78 is 0. The molecule has 308 valence electrons. The van der Waals surface area contributed by atoms with Crippen LogP contribution in [0.3, 0.4) is 0 Å². The second-order valence-electron chi connectivity index (χ2n) is 19.4. The maximum Gasteiger partial charge on any atom is 0.00923 e. The number of hydrogen-bond donors (Lipinski definition) is 0. The van der Waals surface area contributed by atoms with Gasteiger partial charge >= 0.3 is 0 Å². The van der Waals surface area contributed by atoms with Gasteiger partial charge in [-0.1, -0.05) is 181 Å². The topological polar surface area (TPSA) is 0 Å². The van der Waals surface area contributed by atoms with E-state index in [-0.39, 0.29) is 0 Å². The Morgan fingerprint density at radius 2 is 1.62 bits per heavy atom. The molecule has 5 atom stereocenters. The third-order valence-electron chi connectivity index (χ3n) is 13.8. The molecule has 0 radical (unpaired) electrons. The van der Waals surface area contributed by atoms with Gasteiger partial charge in [0.05, 0.1) is 0 Å². The number of benzene rings is 3. The average Bonchev–Trinajstić information content (AvgIpc) is 3.59. The molecule has 0 bridgehead atoms. The maximum absolute atomic E-state index is 4.75. The first-order valence-corrected chi connectivity index (χ1v) is 23.3. The van der Waals surface area contributed by atoms with Gasteiger partial charge in [-0.05, 0) is 158 Å². The van der Waals surface area contributed by atoms with Gasteiger partial charge in [-0.2, -0.15) is 0 Å². The van der Waals surface area contributed by atoms with E-state index >= 15 is 0 Å². The summed E-state index contributed by atoms with van der Waals surface area (Å²) in [4.78, 5) is 0. The van der Waals surface area contributed by atoms with Crippen molar-refractivity contribution in [1.29, 1.82) is 0 Å². The van der Waals surface area contributed by atoms with E-state index in [1.54, 1.807) is 27.8 Å². The van der Waals surface area contributed by atoms with Gasteiger partial charge in [0.25, 0.3) is 0 Å². The quantitative estimate of drug-likeness (QED) is 0.0841. The van der Waals surface area contributed by atoms with Crippen LogP contribution in [0.2, 0.25) is 0 Å². The number of allylic oxidation sites excluding steroid dienone is 9. The van der Waals surface area contributed by atoms with Gasteiger partial charge in [-0.3, -0.25) is 0 Å². The van der Waals surface area contributed by atoms with Gasteiger partial charge in [-0.25, -0.2) is 0 Å². The molecule has 3 aromatic carbocycles. The van der Waals surface area contributed by atoms with Crippen molar-refractivity contribution in [2.24, 2.45) is 23.7 Å². The van der Waals surface area contributed by atoms with Crippen LogP contribution in [-0.4, -0.2) is 0 Å². The van der Waals surface area contributed by atoms with Crippen molar-refractivity contribution >= 4 is 11.1 Å². The lowest BCUT2D eigenvalue weighted by molar-refractivity contribution is 0.463. The summed E-state index contributed by atoms with van der Waals surface area (Å²) in [5.41, 5.74) is 20.6. The Kier molecular flexibility index (Phi) is 15.3. The maximum atomic E-state index is 4.75. The zero-order chi connectivity index (χ0) is 41.3. The van der Waals surface area contributed by atoms with Crippen molar-refractivity contribution in [1.82, 2.24) is 0 Å². The molecule has 0 amide bonds. The molecule has 0 aromatic heterocycles. The number of fused-ring (bicyclic) bond motifs is 4. The molecule has 3 unspecified atom stereocenters. The van der Waals surface area contributed by atoms with Crippen molar-refractivity contribution in [3.05, 3.63) is 165 Å². The summed E-state index contributed by atoms with van der Waals surface area (Å²) in [6, 6.07) is 23.7. The molecule has 0 spiro atoms.